The van der Waals surface area contributed by atoms with Gasteiger partial charge in [0.05, 0.1) is 5.69 Å². The number of carbonyl (C=O) groups excluding carboxylic acids is 1. The first kappa shape index (κ1) is 12.9. The molecular weight excluding hydrogens is 270 g/mol. The molecule has 0 aliphatic heterocycles. The van der Waals surface area contributed by atoms with E-state index in [9.17, 15) is 4.79 Å². The Kier molecular flexibility index (Phi) is 3.28. The fraction of sp³-hybridized carbons (Fsp3) is 0.200. The van der Waals surface area contributed by atoms with Crippen LogP contribution in [0.4, 0.5) is 5.13 Å². The monoisotopic (exact) mass is 285 g/mol. The number of hydrogen-bond donors (Lipinski definition) is 2. The van der Waals surface area contributed by atoms with Crippen molar-refractivity contribution in [2.24, 2.45) is 0 Å². The Hall–Kier alpha value is -2.14. The SMILES string of the molecule is CCC(=O)Nc1nc(-c2c(C)[nH]c3ccccc23)cs1. The fourth-order valence-electron chi connectivity index (χ4n) is 2.26. The van der Waals surface area contributed by atoms with Crippen molar-refractivity contribution < 1.29 is 4.79 Å². The Morgan fingerprint density at radius 1 is 1.40 bits per heavy atom. The number of para-hydroxylation sites is 1. The van der Waals surface area contributed by atoms with Crippen molar-refractivity contribution in [1.82, 2.24) is 9.97 Å². The lowest BCUT2D eigenvalue weighted by Gasteiger charge is -1.98. The second-order valence-corrected chi connectivity index (χ2v) is 5.47. The maximum atomic E-state index is 11.4. The molecule has 2 N–H and O–H groups in total. The number of thiazole rings is 1. The van der Waals surface area contributed by atoms with E-state index in [0.29, 0.717) is 11.6 Å². The minimum atomic E-state index is -0.0125. The number of nitrogens with one attached hydrogen (secondary N) is 2. The third kappa shape index (κ3) is 2.20. The largest absolute Gasteiger partial charge is 0.358 e. The number of hydrogen-bond acceptors (Lipinski definition) is 3. The molecule has 0 saturated heterocycles. The Balaban J connectivity index is 2.03. The van der Waals surface area contributed by atoms with Crippen LogP contribution in [0.3, 0.4) is 0 Å². The van der Waals surface area contributed by atoms with Crippen LogP contribution in [0.2, 0.25) is 0 Å². The van der Waals surface area contributed by atoms with Crippen LogP contribution in [0.5, 0.6) is 0 Å². The number of carbonyl (C=O) groups is 1. The molecule has 0 fully saturated rings. The molecule has 0 radical (unpaired) electrons. The summed E-state index contributed by atoms with van der Waals surface area (Å²) in [5.41, 5.74) is 4.20. The fourth-order valence-corrected chi connectivity index (χ4v) is 2.98. The molecule has 1 aromatic carbocycles. The molecule has 102 valence electrons. The molecule has 2 heterocycles. The van der Waals surface area contributed by atoms with Crippen LogP contribution in [-0.4, -0.2) is 15.9 Å². The van der Waals surface area contributed by atoms with Gasteiger partial charge in [0.15, 0.2) is 5.13 Å². The summed E-state index contributed by atoms with van der Waals surface area (Å²) in [6.45, 7) is 3.87. The summed E-state index contributed by atoms with van der Waals surface area (Å²) in [5.74, 6) is -0.0125. The first-order valence-corrected chi connectivity index (χ1v) is 7.40. The molecule has 0 atom stereocenters. The van der Waals surface area contributed by atoms with Gasteiger partial charge in [-0.25, -0.2) is 4.98 Å². The zero-order valence-electron chi connectivity index (χ0n) is 11.4. The van der Waals surface area contributed by atoms with Gasteiger partial charge in [-0.1, -0.05) is 25.1 Å². The summed E-state index contributed by atoms with van der Waals surface area (Å²) >= 11 is 1.45. The van der Waals surface area contributed by atoms with Gasteiger partial charge in [0, 0.05) is 34.0 Å². The minimum absolute atomic E-state index is 0.0125. The Morgan fingerprint density at radius 3 is 3.00 bits per heavy atom. The van der Waals surface area contributed by atoms with Crippen LogP contribution in [-0.2, 0) is 4.79 Å². The van der Waals surface area contributed by atoms with E-state index in [4.69, 9.17) is 0 Å². The van der Waals surface area contributed by atoms with Crippen LogP contribution in [0.15, 0.2) is 29.6 Å². The highest BCUT2D eigenvalue weighted by Gasteiger charge is 2.13. The highest BCUT2D eigenvalue weighted by Crippen LogP contribution is 2.33. The lowest BCUT2D eigenvalue weighted by Crippen LogP contribution is -2.08. The topological polar surface area (TPSA) is 57.8 Å². The lowest BCUT2D eigenvalue weighted by molar-refractivity contribution is -0.115. The van der Waals surface area contributed by atoms with Crippen molar-refractivity contribution in [3.8, 4) is 11.3 Å². The molecular formula is C15H15N3OS. The van der Waals surface area contributed by atoms with Crippen molar-refractivity contribution >= 4 is 33.3 Å². The highest BCUT2D eigenvalue weighted by atomic mass is 32.1. The first-order chi connectivity index (χ1) is 9.69. The first-order valence-electron chi connectivity index (χ1n) is 6.52. The summed E-state index contributed by atoms with van der Waals surface area (Å²) in [4.78, 5) is 19.3. The van der Waals surface area contributed by atoms with E-state index in [1.54, 1.807) is 0 Å². The quantitative estimate of drug-likeness (QED) is 0.765. The van der Waals surface area contributed by atoms with Gasteiger partial charge in [-0.15, -0.1) is 11.3 Å². The second kappa shape index (κ2) is 5.09. The molecule has 0 bridgehead atoms. The predicted molar refractivity (Wildman–Crippen MR) is 83.1 cm³/mol. The van der Waals surface area contributed by atoms with E-state index in [2.05, 4.69) is 27.4 Å². The number of rotatable bonds is 3. The molecule has 5 heteroatoms. The standard InChI is InChI=1S/C15H15N3OS/c1-3-13(19)18-15-17-12(8-20-15)14-9(2)16-11-7-5-4-6-10(11)14/h4-8,16H,3H2,1-2H3,(H,17,18,19). The Bertz CT molecular complexity index is 772. The third-order valence-electron chi connectivity index (χ3n) is 3.22. The molecule has 4 nitrogen and oxygen atoms in total. The smallest absolute Gasteiger partial charge is 0.225 e. The molecule has 0 aliphatic carbocycles. The Labute approximate surface area is 120 Å². The van der Waals surface area contributed by atoms with E-state index >= 15 is 0 Å². The van der Waals surface area contributed by atoms with Gasteiger partial charge in [0.2, 0.25) is 5.91 Å². The number of fused-ring (bicyclic) bond motifs is 1. The molecule has 20 heavy (non-hydrogen) atoms. The molecule has 1 amide bonds. The summed E-state index contributed by atoms with van der Waals surface area (Å²) in [6, 6.07) is 8.16. The van der Waals surface area contributed by atoms with Gasteiger partial charge >= 0.3 is 0 Å². The van der Waals surface area contributed by atoms with E-state index in [0.717, 1.165) is 27.9 Å². The van der Waals surface area contributed by atoms with Gasteiger partial charge in [-0.05, 0) is 13.0 Å². The maximum absolute atomic E-state index is 11.4. The van der Waals surface area contributed by atoms with Crippen molar-refractivity contribution in [3.63, 3.8) is 0 Å². The number of aryl methyl sites for hydroxylation is 1. The maximum Gasteiger partial charge on any atom is 0.225 e. The van der Waals surface area contributed by atoms with Gasteiger partial charge in [0.25, 0.3) is 0 Å². The summed E-state index contributed by atoms with van der Waals surface area (Å²) < 4.78 is 0. The number of aromatic amines is 1. The van der Waals surface area contributed by atoms with Crippen LogP contribution in [0.25, 0.3) is 22.2 Å². The second-order valence-electron chi connectivity index (χ2n) is 4.61. The number of benzene rings is 1. The van der Waals surface area contributed by atoms with Crippen LogP contribution >= 0.6 is 11.3 Å². The summed E-state index contributed by atoms with van der Waals surface area (Å²) in [6.07, 6.45) is 0.459. The molecule has 0 spiro atoms. The minimum Gasteiger partial charge on any atom is -0.358 e. The zero-order chi connectivity index (χ0) is 14.1. The van der Waals surface area contributed by atoms with Crippen molar-refractivity contribution in [1.29, 1.82) is 0 Å². The third-order valence-corrected chi connectivity index (χ3v) is 3.98. The normalized spacial score (nSPS) is 10.9. The number of anilines is 1. The van der Waals surface area contributed by atoms with Gasteiger partial charge in [0.1, 0.15) is 0 Å². The van der Waals surface area contributed by atoms with Crippen molar-refractivity contribution in [2.45, 2.75) is 20.3 Å². The van der Waals surface area contributed by atoms with Gasteiger partial charge < -0.3 is 10.3 Å². The van der Waals surface area contributed by atoms with Crippen LogP contribution in [0, 0.1) is 6.92 Å². The number of amides is 1. The van der Waals surface area contributed by atoms with E-state index in [1.807, 2.05) is 31.4 Å². The van der Waals surface area contributed by atoms with E-state index < -0.39 is 0 Å². The van der Waals surface area contributed by atoms with Crippen molar-refractivity contribution in [2.75, 3.05) is 5.32 Å². The molecule has 3 rings (SSSR count). The number of H-pyrrole nitrogens is 1. The van der Waals surface area contributed by atoms with E-state index in [-0.39, 0.29) is 5.91 Å². The summed E-state index contributed by atoms with van der Waals surface area (Å²) in [7, 11) is 0. The van der Waals surface area contributed by atoms with E-state index in [1.165, 1.54) is 11.3 Å². The van der Waals surface area contributed by atoms with Gasteiger partial charge in [-0.2, -0.15) is 0 Å². The molecule has 0 aliphatic rings. The molecule has 0 unspecified atom stereocenters. The lowest BCUT2D eigenvalue weighted by atomic mass is 10.1. The highest BCUT2D eigenvalue weighted by molar-refractivity contribution is 7.14. The Morgan fingerprint density at radius 2 is 2.20 bits per heavy atom. The van der Waals surface area contributed by atoms with Crippen LogP contribution in [0.1, 0.15) is 19.0 Å². The predicted octanol–water partition coefficient (Wildman–Crippen LogP) is 3.95. The molecule has 2 aromatic heterocycles. The van der Waals surface area contributed by atoms with Gasteiger partial charge in [-0.3, -0.25) is 4.79 Å². The molecule has 0 saturated carbocycles. The average molecular weight is 285 g/mol. The van der Waals surface area contributed by atoms with Crippen LogP contribution < -0.4 is 5.32 Å². The van der Waals surface area contributed by atoms with Crippen molar-refractivity contribution in [3.05, 3.63) is 35.3 Å². The zero-order valence-corrected chi connectivity index (χ0v) is 12.2. The number of nitrogens with zero attached hydrogens (tertiary/aromatic N) is 1. The number of aromatic nitrogens is 2. The average Bonchev–Trinajstić information content (AvgIpc) is 3.01. The summed E-state index contributed by atoms with van der Waals surface area (Å²) in [5, 5.41) is 6.59. The molecule has 3 aromatic rings.